The summed E-state index contributed by atoms with van der Waals surface area (Å²) in [6, 6.07) is 13.3. The molecule has 200 valence electrons. The highest BCUT2D eigenvalue weighted by atomic mass is 16.1. The molecule has 0 saturated carbocycles. The number of hydrogen-bond donors (Lipinski definition) is 2. The highest BCUT2D eigenvalue weighted by Crippen LogP contribution is 2.30. The zero-order valence-electron chi connectivity index (χ0n) is 22.9. The summed E-state index contributed by atoms with van der Waals surface area (Å²) in [7, 11) is 0. The topological polar surface area (TPSA) is 102 Å². The Balaban J connectivity index is 1.31. The molecular weight excluding hydrogens is 488 g/mol. The SMILES string of the molecule is Cc1ccc(C(=O)CCC(=O)C2NCCc3ccc(Nc4ncc(C)c(-c5cnn(C(C)C)c5)n4)cc32)cc1. The molecule has 3 heterocycles. The number of benzene rings is 2. The van der Waals surface area contributed by atoms with Crippen LogP contribution in [0, 0.1) is 13.8 Å². The van der Waals surface area contributed by atoms with Crippen LogP contribution in [0.3, 0.4) is 0 Å². The van der Waals surface area contributed by atoms with E-state index in [2.05, 4.69) is 40.6 Å². The molecule has 0 aliphatic carbocycles. The molecule has 5 rings (SSSR count). The van der Waals surface area contributed by atoms with Gasteiger partial charge >= 0.3 is 0 Å². The molecule has 2 aromatic heterocycles. The highest BCUT2D eigenvalue weighted by Gasteiger charge is 2.27. The van der Waals surface area contributed by atoms with Crippen molar-refractivity contribution in [3.8, 4) is 11.3 Å². The molecule has 8 nitrogen and oxygen atoms in total. The van der Waals surface area contributed by atoms with Crippen molar-refractivity contribution in [3.63, 3.8) is 0 Å². The number of carbonyl (C=O) groups is 2. The fourth-order valence-electron chi connectivity index (χ4n) is 4.85. The summed E-state index contributed by atoms with van der Waals surface area (Å²) in [5, 5.41) is 11.1. The first kappa shape index (κ1) is 26.4. The predicted octanol–water partition coefficient (Wildman–Crippen LogP) is 5.70. The quantitative estimate of drug-likeness (QED) is 0.272. The average molecular weight is 523 g/mol. The molecule has 4 aromatic rings. The lowest BCUT2D eigenvalue weighted by Crippen LogP contribution is -2.35. The summed E-state index contributed by atoms with van der Waals surface area (Å²) in [6.45, 7) is 8.86. The maximum absolute atomic E-state index is 13.2. The minimum atomic E-state index is -0.447. The van der Waals surface area contributed by atoms with Crippen molar-refractivity contribution in [2.24, 2.45) is 0 Å². The Labute approximate surface area is 228 Å². The van der Waals surface area contributed by atoms with Crippen molar-refractivity contribution in [3.05, 3.63) is 88.9 Å². The maximum atomic E-state index is 13.2. The third-order valence-electron chi connectivity index (χ3n) is 7.13. The first-order valence-electron chi connectivity index (χ1n) is 13.4. The van der Waals surface area contributed by atoms with Crippen molar-refractivity contribution in [2.75, 3.05) is 11.9 Å². The Morgan fingerprint density at radius 2 is 1.87 bits per heavy atom. The van der Waals surface area contributed by atoms with E-state index in [1.807, 2.05) is 67.3 Å². The molecule has 2 aromatic carbocycles. The molecular formula is C31H34N6O2. The van der Waals surface area contributed by atoms with Crippen LogP contribution in [0.15, 0.2) is 61.1 Å². The van der Waals surface area contributed by atoms with Gasteiger partial charge in [-0.2, -0.15) is 5.10 Å². The average Bonchev–Trinajstić information content (AvgIpc) is 3.43. The van der Waals surface area contributed by atoms with Crippen molar-refractivity contribution >= 4 is 23.2 Å². The summed E-state index contributed by atoms with van der Waals surface area (Å²) in [4.78, 5) is 35.1. The lowest BCUT2D eigenvalue weighted by Gasteiger charge is -2.26. The van der Waals surface area contributed by atoms with Gasteiger partial charge in [-0.1, -0.05) is 35.9 Å². The standard InChI is InChI=1S/C31H34N6O2/c1-19(2)37-18-24(17-34-37)29-21(4)16-33-31(36-29)35-25-10-9-22-13-14-32-30(26(22)15-25)28(39)12-11-27(38)23-7-5-20(3)6-8-23/h5-10,15-19,30,32H,11-14H2,1-4H3,(H,33,35,36). The van der Waals surface area contributed by atoms with Crippen molar-refractivity contribution in [1.82, 2.24) is 25.1 Å². The molecule has 2 N–H and O–H groups in total. The van der Waals surface area contributed by atoms with Gasteiger partial charge in [-0.15, -0.1) is 0 Å². The van der Waals surface area contributed by atoms with Gasteiger partial charge in [0, 0.05) is 54.6 Å². The Morgan fingerprint density at radius 1 is 1.08 bits per heavy atom. The van der Waals surface area contributed by atoms with E-state index in [1.165, 1.54) is 0 Å². The molecule has 39 heavy (non-hydrogen) atoms. The number of hydrogen-bond acceptors (Lipinski definition) is 7. The Morgan fingerprint density at radius 3 is 2.62 bits per heavy atom. The molecule has 0 fully saturated rings. The number of nitrogens with zero attached hydrogens (tertiary/aromatic N) is 4. The second-order valence-electron chi connectivity index (χ2n) is 10.5. The Kier molecular flexibility index (Phi) is 7.65. The van der Waals surface area contributed by atoms with E-state index in [4.69, 9.17) is 4.98 Å². The molecule has 0 spiro atoms. The third-order valence-corrected chi connectivity index (χ3v) is 7.13. The molecule has 0 saturated heterocycles. The molecule has 0 bridgehead atoms. The maximum Gasteiger partial charge on any atom is 0.227 e. The number of aryl methyl sites for hydroxylation is 2. The normalized spacial score (nSPS) is 14.7. The smallest absolute Gasteiger partial charge is 0.227 e. The Bertz CT molecular complexity index is 1510. The first-order chi connectivity index (χ1) is 18.8. The molecule has 1 atom stereocenters. The number of ketones is 2. The van der Waals surface area contributed by atoms with E-state index in [9.17, 15) is 9.59 Å². The van der Waals surface area contributed by atoms with Gasteiger partial charge < -0.3 is 10.6 Å². The van der Waals surface area contributed by atoms with E-state index in [0.29, 0.717) is 11.5 Å². The van der Waals surface area contributed by atoms with E-state index < -0.39 is 6.04 Å². The molecule has 8 heteroatoms. The van der Waals surface area contributed by atoms with Gasteiger partial charge in [0.2, 0.25) is 5.95 Å². The number of Topliss-reactive ketones (excluding diaryl/α,β-unsaturated/α-hetero) is 2. The van der Waals surface area contributed by atoms with E-state index >= 15 is 0 Å². The van der Waals surface area contributed by atoms with Crippen LogP contribution in [-0.4, -0.2) is 37.9 Å². The first-order valence-corrected chi connectivity index (χ1v) is 13.4. The van der Waals surface area contributed by atoms with Gasteiger partial charge in [0.05, 0.1) is 17.9 Å². The largest absolute Gasteiger partial charge is 0.324 e. The van der Waals surface area contributed by atoms with Gasteiger partial charge in [0.25, 0.3) is 0 Å². The molecule has 0 radical (unpaired) electrons. The summed E-state index contributed by atoms with van der Waals surface area (Å²) in [5.74, 6) is 0.480. The van der Waals surface area contributed by atoms with Gasteiger partial charge in [-0.3, -0.25) is 14.3 Å². The van der Waals surface area contributed by atoms with Crippen LogP contribution < -0.4 is 10.6 Å². The third kappa shape index (κ3) is 5.96. The fourth-order valence-corrected chi connectivity index (χ4v) is 4.85. The number of anilines is 2. The Hall–Kier alpha value is -4.17. The van der Waals surface area contributed by atoms with Crippen LogP contribution in [0.4, 0.5) is 11.6 Å². The van der Waals surface area contributed by atoms with Crippen molar-refractivity contribution < 1.29 is 9.59 Å². The van der Waals surface area contributed by atoms with E-state index in [1.54, 1.807) is 6.20 Å². The second-order valence-corrected chi connectivity index (χ2v) is 10.5. The van der Waals surface area contributed by atoms with E-state index in [0.717, 1.165) is 52.2 Å². The van der Waals surface area contributed by atoms with Crippen LogP contribution in [0.1, 0.15) is 71.4 Å². The van der Waals surface area contributed by atoms with E-state index in [-0.39, 0.29) is 30.4 Å². The van der Waals surface area contributed by atoms with Crippen LogP contribution >= 0.6 is 0 Å². The minimum absolute atomic E-state index is 0.0129. The summed E-state index contributed by atoms with van der Waals surface area (Å²) < 4.78 is 1.91. The van der Waals surface area contributed by atoms with Gasteiger partial charge in [0.1, 0.15) is 0 Å². The molecule has 1 unspecified atom stereocenters. The molecule has 1 aliphatic heterocycles. The van der Waals surface area contributed by atoms with Gasteiger partial charge in [-0.25, -0.2) is 9.97 Å². The lowest BCUT2D eigenvalue weighted by atomic mass is 9.89. The van der Waals surface area contributed by atoms with Crippen LogP contribution in [-0.2, 0) is 11.2 Å². The summed E-state index contributed by atoms with van der Waals surface area (Å²) >= 11 is 0. The van der Waals surface area contributed by atoms with Crippen molar-refractivity contribution in [1.29, 1.82) is 0 Å². The number of fused-ring (bicyclic) bond motifs is 1. The summed E-state index contributed by atoms with van der Waals surface area (Å²) in [6.07, 6.45) is 6.84. The van der Waals surface area contributed by atoms with Gasteiger partial charge in [0.15, 0.2) is 11.6 Å². The molecule has 0 amide bonds. The number of aromatic nitrogens is 4. The van der Waals surface area contributed by atoms with Gasteiger partial charge in [-0.05, 0) is 62.9 Å². The second kappa shape index (κ2) is 11.3. The number of carbonyl (C=O) groups excluding carboxylic acids is 2. The highest BCUT2D eigenvalue weighted by molar-refractivity contribution is 5.99. The van der Waals surface area contributed by atoms with Crippen molar-refractivity contribution in [2.45, 2.75) is 59.0 Å². The summed E-state index contributed by atoms with van der Waals surface area (Å²) in [5.41, 5.74) is 7.34. The lowest BCUT2D eigenvalue weighted by molar-refractivity contribution is -0.121. The van der Waals surface area contributed by atoms with Crippen LogP contribution in [0.25, 0.3) is 11.3 Å². The number of nitrogens with one attached hydrogen (secondary N) is 2. The number of rotatable bonds is 9. The zero-order valence-corrected chi connectivity index (χ0v) is 22.9. The monoisotopic (exact) mass is 522 g/mol. The van der Waals surface area contributed by atoms with Crippen LogP contribution in [0.2, 0.25) is 0 Å². The van der Waals surface area contributed by atoms with Crippen LogP contribution in [0.5, 0.6) is 0 Å². The molecule has 1 aliphatic rings. The fraction of sp³-hybridized carbons (Fsp3) is 0.323. The minimum Gasteiger partial charge on any atom is -0.324 e. The predicted molar refractivity (Wildman–Crippen MR) is 152 cm³/mol. The zero-order chi connectivity index (χ0) is 27.5.